The van der Waals surface area contributed by atoms with Gasteiger partial charge in [0.25, 0.3) is 0 Å². The number of carbonyl (C=O) groups excluding carboxylic acids is 1. The fourth-order valence-electron chi connectivity index (χ4n) is 4.09. The summed E-state index contributed by atoms with van der Waals surface area (Å²) in [6, 6.07) is 7.52. The van der Waals surface area contributed by atoms with Crippen molar-refractivity contribution in [1.82, 2.24) is 14.7 Å². The van der Waals surface area contributed by atoms with Crippen LogP contribution in [0.2, 0.25) is 0 Å². The third kappa shape index (κ3) is 3.13. The van der Waals surface area contributed by atoms with Gasteiger partial charge in [0, 0.05) is 52.0 Å². The predicted octanol–water partition coefficient (Wildman–Crippen LogP) is 1.93. The topological polar surface area (TPSA) is 36.0 Å². The zero-order valence-corrected chi connectivity index (χ0v) is 13.9. The number of halogens is 1. The molecule has 1 atom stereocenters. The minimum Gasteiger partial charge on any atom is -0.381 e. The summed E-state index contributed by atoms with van der Waals surface area (Å²) >= 11 is 0. The van der Waals surface area contributed by atoms with Crippen molar-refractivity contribution in [3.63, 3.8) is 0 Å². The fourth-order valence-corrected chi connectivity index (χ4v) is 4.09. The third-order valence-electron chi connectivity index (χ3n) is 5.42. The van der Waals surface area contributed by atoms with E-state index in [0.29, 0.717) is 6.04 Å². The molecule has 6 heteroatoms. The molecule has 0 spiro atoms. The first-order chi connectivity index (χ1) is 11.7. The van der Waals surface area contributed by atoms with Crippen LogP contribution in [0.25, 0.3) is 0 Å². The highest BCUT2D eigenvalue weighted by atomic mass is 19.1. The van der Waals surface area contributed by atoms with Crippen molar-refractivity contribution in [3.05, 3.63) is 35.6 Å². The maximum absolute atomic E-state index is 13.0. The van der Waals surface area contributed by atoms with Gasteiger partial charge in [-0.3, -0.25) is 4.90 Å². The SMILES string of the molecule is O=C1N(C2CCOCC2)C[C@H]2CN(Cc3ccc(F)cc3)CCN12. The first-order valence-electron chi connectivity index (χ1n) is 8.82. The number of benzene rings is 1. The van der Waals surface area contributed by atoms with Gasteiger partial charge in [-0.25, -0.2) is 9.18 Å². The molecule has 5 nitrogen and oxygen atoms in total. The van der Waals surface area contributed by atoms with E-state index in [1.165, 1.54) is 12.1 Å². The number of carbonyl (C=O) groups is 1. The van der Waals surface area contributed by atoms with Gasteiger partial charge >= 0.3 is 6.03 Å². The van der Waals surface area contributed by atoms with Crippen molar-refractivity contribution in [2.24, 2.45) is 0 Å². The zero-order valence-electron chi connectivity index (χ0n) is 13.9. The normalized spacial score (nSPS) is 26.0. The summed E-state index contributed by atoms with van der Waals surface area (Å²) < 4.78 is 18.5. The molecule has 0 saturated carbocycles. The fraction of sp³-hybridized carbons (Fsp3) is 0.611. The molecule has 130 valence electrons. The Labute approximate surface area is 142 Å². The maximum Gasteiger partial charge on any atom is 0.320 e. The molecule has 3 fully saturated rings. The summed E-state index contributed by atoms with van der Waals surface area (Å²) in [6.07, 6.45) is 1.90. The van der Waals surface area contributed by atoms with Gasteiger partial charge in [0.15, 0.2) is 0 Å². The minimum absolute atomic E-state index is 0.197. The molecule has 1 aromatic rings. The molecule has 0 radical (unpaired) electrons. The van der Waals surface area contributed by atoms with Crippen molar-refractivity contribution < 1.29 is 13.9 Å². The first kappa shape index (κ1) is 15.8. The standard InChI is InChI=1S/C18H24FN3O2/c19-15-3-1-14(2-4-15)11-20-7-8-21-17(12-20)13-22(18(21)23)16-5-9-24-10-6-16/h1-4,16-17H,5-13H2/t17-/m1/s1. The summed E-state index contributed by atoms with van der Waals surface area (Å²) in [5.41, 5.74) is 1.12. The van der Waals surface area contributed by atoms with Crippen LogP contribution in [0.5, 0.6) is 0 Å². The molecule has 0 N–H and O–H groups in total. The summed E-state index contributed by atoms with van der Waals surface area (Å²) in [5.74, 6) is -0.197. The number of amides is 2. The van der Waals surface area contributed by atoms with Crippen LogP contribution >= 0.6 is 0 Å². The minimum atomic E-state index is -0.197. The van der Waals surface area contributed by atoms with Crippen molar-refractivity contribution in [1.29, 1.82) is 0 Å². The molecule has 24 heavy (non-hydrogen) atoms. The lowest BCUT2D eigenvalue weighted by Gasteiger charge is -2.36. The molecule has 0 aromatic heterocycles. The predicted molar refractivity (Wildman–Crippen MR) is 88.1 cm³/mol. The number of hydrogen-bond acceptors (Lipinski definition) is 3. The monoisotopic (exact) mass is 333 g/mol. The third-order valence-corrected chi connectivity index (χ3v) is 5.42. The molecule has 0 unspecified atom stereocenters. The Bertz CT molecular complexity index is 588. The van der Waals surface area contributed by atoms with Gasteiger partial charge in [-0.1, -0.05) is 12.1 Å². The molecule has 4 rings (SSSR count). The van der Waals surface area contributed by atoms with Crippen LogP contribution in [-0.4, -0.2) is 72.2 Å². The van der Waals surface area contributed by atoms with Crippen molar-refractivity contribution >= 4 is 6.03 Å². The van der Waals surface area contributed by atoms with Gasteiger partial charge in [0.2, 0.25) is 0 Å². The van der Waals surface area contributed by atoms with E-state index >= 15 is 0 Å². The first-order valence-corrected chi connectivity index (χ1v) is 8.82. The highest BCUT2D eigenvalue weighted by Gasteiger charge is 2.43. The molecule has 0 bridgehead atoms. The number of hydrogen-bond donors (Lipinski definition) is 0. The lowest BCUT2D eigenvalue weighted by Crippen LogP contribution is -2.51. The Morgan fingerprint density at radius 3 is 2.50 bits per heavy atom. The number of ether oxygens (including phenoxy) is 1. The Morgan fingerprint density at radius 1 is 1.00 bits per heavy atom. The van der Waals surface area contributed by atoms with Crippen LogP contribution in [0.4, 0.5) is 9.18 Å². The summed E-state index contributed by atoms with van der Waals surface area (Å²) in [6.45, 7) is 5.71. The van der Waals surface area contributed by atoms with Gasteiger partial charge in [0.05, 0.1) is 6.04 Å². The molecule has 3 heterocycles. The Balaban J connectivity index is 1.38. The van der Waals surface area contributed by atoms with Gasteiger partial charge in [-0.2, -0.15) is 0 Å². The molecule has 3 aliphatic heterocycles. The van der Waals surface area contributed by atoms with Crippen LogP contribution in [0, 0.1) is 5.82 Å². The van der Waals surface area contributed by atoms with E-state index < -0.39 is 0 Å². The van der Waals surface area contributed by atoms with Gasteiger partial charge in [0.1, 0.15) is 5.82 Å². The molecule has 2 amide bonds. The zero-order chi connectivity index (χ0) is 16.5. The highest BCUT2D eigenvalue weighted by Crippen LogP contribution is 2.26. The van der Waals surface area contributed by atoms with Crippen LogP contribution in [0.15, 0.2) is 24.3 Å². The molecular formula is C18H24FN3O2. The second kappa shape index (κ2) is 6.69. The van der Waals surface area contributed by atoms with E-state index in [1.54, 1.807) is 0 Å². The van der Waals surface area contributed by atoms with Crippen molar-refractivity contribution in [3.8, 4) is 0 Å². The second-order valence-corrected chi connectivity index (χ2v) is 6.99. The van der Waals surface area contributed by atoms with Crippen LogP contribution in [-0.2, 0) is 11.3 Å². The average molecular weight is 333 g/mol. The van der Waals surface area contributed by atoms with E-state index in [2.05, 4.69) is 9.80 Å². The van der Waals surface area contributed by atoms with Gasteiger partial charge < -0.3 is 14.5 Å². The lowest BCUT2D eigenvalue weighted by molar-refractivity contribution is 0.0504. The van der Waals surface area contributed by atoms with Crippen molar-refractivity contribution in [2.45, 2.75) is 31.5 Å². The molecule has 0 aliphatic carbocycles. The Morgan fingerprint density at radius 2 is 1.75 bits per heavy atom. The second-order valence-electron chi connectivity index (χ2n) is 6.99. The molecule has 3 saturated heterocycles. The number of piperazine rings is 1. The van der Waals surface area contributed by atoms with E-state index in [-0.39, 0.29) is 17.9 Å². The van der Waals surface area contributed by atoms with Gasteiger partial charge in [-0.15, -0.1) is 0 Å². The number of fused-ring (bicyclic) bond motifs is 1. The Hall–Kier alpha value is -1.66. The molecule has 1 aromatic carbocycles. The molecule has 3 aliphatic rings. The summed E-state index contributed by atoms with van der Waals surface area (Å²) in [4.78, 5) is 19.2. The average Bonchev–Trinajstić information content (AvgIpc) is 2.94. The van der Waals surface area contributed by atoms with E-state index in [9.17, 15) is 9.18 Å². The molecular weight excluding hydrogens is 309 g/mol. The van der Waals surface area contributed by atoms with Crippen molar-refractivity contribution in [2.75, 3.05) is 39.4 Å². The van der Waals surface area contributed by atoms with Gasteiger partial charge in [-0.05, 0) is 30.5 Å². The lowest BCUT2D eigenvalue weighted by atomic mass is 10.1. The van der Waals surface area contributed by atoms with E-state index in [4.69, 9.17) is 4.74 Å². The Kier molecular flexibility index (Phi) is 4.41. The van der Waals surface area contributed by atoms with Crippen LogP contribution in [0.3, 0.4) is 0 Å². The summed E-state index contributed by atoms with van der Waals surface area (Å²) in [5, 5.41) is 0. The number of urea groups is 1. The number of rotatable bonds is 3. The maximum atomic E-state index is 13.0. The highest BCUT2D eigenvalue weighted by molar-refractivity contribution is 5.77. The number of nitrogens with zero attached hydrogens (tertiary/aromatic N) is 3. The summed E-state index contributed by atoms with van der Waals surface area (Å²) in [7, 11) is 0. The quantitative estimate of drug-likeness (QED) is 0.848. The smallest absolute Gasteiger partial charge is 0.320 e. The largest absolute Gasteiger partial charge is 0.381 e. The van der Waals surface area contributed by atoms with E-state index in [0.717, 1.165) is 64.3 Å². The van der Waals surface area contributed by atoms with Crippen LogP contribution in [0.1, 0.15) is 18.4 Å². The van der Waals surface area contributed by atoms with Crippen LogP contribution < -0.4 is 0 Å². The van der Waals surface area contributed by atoms with E-state index in [1.807, 2.05) is 17.0 Å².